The van der Waals surface area contributed by atoms with E-state index in [4.69, 9.17) is 10.2 Å². The van der Waals surface area contributed by atoms with Crippen molar-refractivity contribution in [3.8, 4) is 0 Å². The lowest BCUT2D eigenvalue weighted by molar-refractivity contribution is -0.116. The van der Waals surface area contributed by atoms with Gasteiger partial charge in [-0.25, -0.2) is 0 Å². The van der Waals surface area contributed by atoms with Gasteiger partial charge >= 0.3 is 0 Å². The van der Waals surface area contributed by atoms with E-state index in [2.05, 4.69) is 0 Å². The number of thioether (sulfide) groups is 1. The SMILES string of the molecule is CC(=O)C1CCC(C(O)O)S1. The van der Waals surface area contributed by atoms with E-state index in [1.807, 2.05) is 0 Å². The lowest BCUT2D eigenvalue weighted by Crippen LogP contribution is -2.19. The molecule has 11 heavy (non-hydrogen) atoms. The molecule has 1 aliphatic rings. The van der Waals surface area contributed by atoms with Crippen molar-refractivity contribution in [2.24, 2.45) is 0 Å². The van der Waals surface area contributed by atoms with Gasteiger partial charge in [0.1, 0.15) is 5.78 Å². The van der Waals surface area contributed by atoms with Crippen LogP contribution in [0.1, 0.15) is 19.8 Å². The average molecular weight is 176 g/mol. The summed E-state index contributed by atoms with van der Waals surface area (Å²) in [4.78, 5) is 10.8. The van der Waals surface area contributed by atoms with Crippen molar-refractivity contribution >= 4 is 17.5 Å². The summed E-state index contributed by atoms with van der Waals surface area (Å²) in [5.74, 6) is 0.137. The molecule has 0 aromatic carbocycles. The summed E-state index contributed by atoms with van der Waals surface area (Å²) in [7, 11) is 0. The third kappa shape index (κ3) is 2.18. The first-order chi connectivity index (χ1) is 5.11. The Morgan fingerprint density at radius 3 is 2.45 bits per heavy atom. The van der Waals surface area contributed by atoms with Gasteiger partial charge in [0.2, 0.25) is 0 Å². The number of aliphatic hydroxyl groups excluding tert-OH is 1. The van der Waals surface area contributed by atoms with Crippen LogP contribution in [0, 0.1) is 0 Å². The van der Waals surface area contributed by atoms with Gasteiger partial charge in [0.15, 0.2) is 6.29 Å². The van der Waals surface area contributed by atoms with Crippen LogP contribution in [0.2, 0.25) is 0 Å². The first-order valence-electron chi connectivity index (χ1n) is 3.63. The molecule has 1 fully saturated rings. The first-order valence-corrected chi connectivity index (χ1v) is 4.57. The Morgan fingerprint density at radius 2 is 2.18 bits per heavy atom. The molecule has 64 valence electrons. The molecule has 1 heterocycles. The standard InChI is InChI=1S/C7H12O3S/c1-4(8)5-2-3-6(11-5)7(9)10/h5-7,9-10H,2-3H2,1H3. The van der Waals surface area contributed by atoms with Crippen molar-refractivity contribution in [3.63, 3.8) is 0 Å². The molecule has 0 bridgehead atoms. The van der Waals surface area contributed by atoms with Crippen LogP contribution in [0.4, 0.5) is 0 Å². The average Bonchev–Trinajstić information content (AvgIpc) is 2.33. The van der Waals surface area contributed by atoms with Crippen molar-refractivity contribution in [2.75, 3.05) is 0 Å². The summed E-state index contributed by atoms with van der Waals surface area (Å²) in [6.45, 7) is 1.55. The zero-order valence-electron chi connectivity index (χ0n) is 6.36. The van der Waals surface area contributed by atoms with Crippen LogP contribution in [0.15, 0.2) is 0 Å². The van der Waals surface area contributed by atoms with E-state index < -0.39 is 6.29 Å². The molecule has 0 radical (unpaired) electrons. The summed E-state index contributed by atoms with van der Waals surface area (Å²) < 4.78 is 0. The van der Waals surface area contributed by atoms with Gasteiger partial charge in [-0.1, -0.05) is 0 Å². The molecular formula is C7H12O3S. The minimum absolute atomic E-state index is 0.0122. The molecule has 2 N–H and O–H groups in total. The van der Waals surface area contributed by atoms with E-state index in [0.717, 1.165) is 12.8 Å². The number of Topliss-reactive ketones (excluding diaryl/α,β-unsaturated/α-hetero) is 1. The predicted molar refractivity (Wildman–Crippen MR) is 43.3 cm³/mol. The molecule has 0 aliphatic carbocycles. The normalized spacial score (nSPS) is 31.3. The Kier molecular flexibility index (Phi) is 2.92. The van der Waals surface area contributed by atoms with Crippen LogP contribution < -0.4 is 0 Å². The van der Waals surface area contributed by atoms with Crippen LogP contribution in [0.3, 0.4) is 0 Å². The molecule has 4 heteroatoms. The second kappa shape index (κ2) is 3.56. The molecular weight excluding hydrogens is 164 g/mol. The number of carbonyl (C=O) groups is 1. The summed E-state index contributed by atoms with van der Waals surface area (Å²) in [5.41, 5.74) is 0. The maximum atomic E-state index is 10.8. The second-order valence-electron chi connectivity index (χ2n) is 2.76. The van der Waals surface area contributed by atoms with Gasteiger partial charge in [-0.05, 0) is 19.8 Å². The van der Waals surface area contributed by atoms with E-state index in [9.17, 15) is 4.79 Å². The molecule has 0 amide bonds. The molecule has 0 spiro atoms. The topological polar surface area (TPSA) is 57.5 Å². The van der Waals surface area contributed by atoms with Crippen molar-refractivity contribution in [1.29, 1.82) is 0 Å². The highest BCUT2D eigenvalue weighted by molar-refractivity contribution is 8.01. The molecule has 2 atom stereocenters. The molecule has 1 rings (SSSR count). The second-order valence-corrected chi connectivity index (χ2v) is 4.21. The van der Waals surface area contributed by atoms with Gasteiger partial charge in [-0.3, -0.25) is 4.79 Å². The zero-order valence-corrected chi connectivity index (χ0v) is 7.17. The van der Waals surface area contributed by atoms with Crippen molar-refractivity contribution in [1.82, 2.24) is 0 Å². The largest absolute Gasteiger partial charge is 0.367 e. The van der Waals surface area contributed by atoms with E-state index in [0.29, 0.717) is 0 Å². The summed E-state index contributed by atoms with van der Waals surface area (Å²) >= 11 is 1.38. The Bertz CT molecular complexity index is 158. The Labute approximate surface area is 69.8 Å². The van der Waals surface area contributed by atoms with Crippen molar-refractivity contribution in [2.45, 2.75) is 36.6 Å². The molecule has 0 aromatic heterocycles. The van der Waals surface area contributed by atoms with Crippen LogP contribution in [0.25, 0.3) is 0 Å². The third-order valence-electron chi connectivity index (χ3n) is 1.84. The quantitative estimate of drug-likeness (QED) is 0.588. The van der Waals surface area contributed by atoms with E-state index >= 15 is 0 Å². The Balaban J connectivity index is 2.41. The first kappa shape index (κ1) is 9.03. The van der Waals surface area contributed by atoms with E-state index in [-0.39, 0.29) is 16.3 Å². The number of ketones is 1. The molecule has 0 aromatic rings. The van der Waals surface area contributed by atoms with Gasteiger partial charge < -0.3 is 10.2 Å². The summed E-state index contributed by atoms with van der Waals surface area (Å²) in [6, 6.07) is 0. The fourth-order valence-corrected chi connectivity index (χ4v) is 2.48. The minimum atomic E-state index is -1.27. The van der Waals surface area contributed by atoms with Gasteiger partial charge in [0.05, 0.1) is 10.5 Å². The number of carbonyl (C=O) groups excluding carboxylic acids is 1. The van der Waals surface area contributed by atoms with Crippen LogP contribution >= 0.6 is 11.8 Å². The third-order valence-corrected chi connectivity index (χ3v) is 3.56. The maximum Gasteiger partial charge on any atom is 0.163 e. The zero-order chi connectivity index (χ0) is 8.43. The van der Waals surface area contributed by atoms with Gasteiger partial charge in [0.25, 0.3) is 0 Å². The molecule has 1 aliphatic heterocycles. The lowest BCUT2D eigenvalue weighted by atomic mass is 10.1. The smallest absolute Gasteiger partial charge is 0.163 e. The highest BCUT2D eigenvalue weighted by Gasteiger charge is 2.31. The highest BCUT2D eigenvalue weighted by atomic mass is 32.2. The number of rotatable bonds is 2. The molecule has 2 unspecified atom stereocenters. The number of hydrogen-bond donors (Lipinski definition) is 2. The fourth-order valence-electron chi connectivity index (χ4n) is 1.18. The van der Waals surface area contributed by atoms with Crippen LogP contribution in [-0.2, 0) is 4.79 Å². The summed E-state index contributed by atoms with van der Waals surface area (Å²) in [5, 5.41) is 17.4. The maximum absolute atomic E-state index is 10.8. The van der Waals surface area contributed by atoms with E-state index in [1.165, 1.54) is 11.8 Å². The number of hydrogen-bond acceptors (Lipinski definition) is 4. The molecule has 1 saturated heterocycles. The predicted octanol–water partition coefficient (Wildman–Crippen LogP) is 0.150. The fraction of sp³-hybridized carbons (Fsp3) is 0.857. The number of aliphatic hydroxyl groups is 2. The highest BCUT2D eigenvalue weighted by Crippen LogP contribution is 2.35. The van der Waals surface area contributed by atoms with Gasteiger partial charge in [0, 0.05) is 0 Å². The Hall–Kier alpha value is -0.0600. The molecule has 0 saturated carbocycles. The van der Waals surface area contributed by atoms with Gasteiger partial charge in [-0.15, -0.1) is 11.8 Å². The monoisotopic (exact) mass is 176 g/mol. The minimum Gasteiger partial charge on any atom is -0.367 e. The van der Waals surface area contributed by atoms with Crippen LogP contribution in [0.5, 0.6) is 0 Å². The van der Waals surface area contributed by atoms with Gasteiger partial charge in [-0.2, -0.15) is 0 Å². The van der Waals surface area contributed by atoms with E-state index in [1.54, 1.807) is 6.92 Å². The molecule has 3 nitrogen and oxygen atoms in total. The van der Waals surface area contributed by atoms with Crippen molar-refractivity contribution < 1.29 is 15.0 Å². The lowest BCUT2D eigenvalue weighted by Gasteiger charge is -2.10. The van der Waals surface area contributed by atoms with Crippen molar-refractivity contribution in [3.05, 3.63) is 0 Å². The summed E-state index contributed by atoms with van der Waals surface area (Å²) in [6.07, 6.45) is 0.235. The Morgan fingerprint density at radius 1 is 1.55 bits per heavy atom. The van der Waals surface area contributed by atoms with Crippen LogP contribution in [-0.4, -0.2) is 32.8 Å².